The summed E-state index contributed by atoms with van der Waals surface area (Å²) in [6.07, 6.45) is 1.72. The van der Waals surface area contributed by atoms with Crippen LogP contribution in [0.1, 0.15) is 23.2 Å². The van der Waals surface area contributed by atoms with Gasteiger partial charge in [-0.2, -0.15) is 0 Å². The van der Waals surface area contributed by atoms with Gasteiger partial charge in [0.05, 0.1) is 6.54 Å². The van der Waals surface area contributed by atoms with Gasteiger partial charge in [0.25, 0.3) is 0 Å². The zero-order valence-electron chi connectivity index (χ0n) is 11.2. The van der Waals surface area contributed by atoms with Crippen LogP contribution in [0, 0.1) is 0 Å². The number of nitrogens with one attached hydrogen (secondary N) is 2. The maximum atomic E-state index is 11.8. The van der Waals surface area contributed by atoms with Gasteiger partial charge in [0.2, 0.25) is 11.8 Å². The molecular formula is C14H19N3O3. The Bertz CT molecular complexity index is 467. The lowest BCUT2D eigenvalue weighted by Gasteiger charge is -2.23. The Morgan fingerprint density at radius 1 is 1.20 bits per heavy atom. The molecule has 1 saturated heterocycles. The average molecular weight is 277 g/mol. The summed E-state index contributed by atoms with van der Waals surface area (Å²) in [6, 6.07) is 6.90. The normalized spacial score (nSPS) is 15.6. The van der Waals surface area contributed by atoms with E-state index in [4.69, 9.17) is 10.5 Å². The van der Waals surface area contributed by atoms with Crippen LogP contribution in [0.4, 0.5) is 5.69 Å². The van der Waals surface area contributed by atoms with Crippen LogP contribution in [0.15, 0.2) is 24.3 Å². The number of benzene rings is 1. The van der Waals surface area contributed by atoms with Crippen LogP contribution in [0.5, 0.6) is 0 Å². The molecule has 20 heavy (non-hydrogen) atoms. The summed E-state index contributed by atoms with van der Waals surface area (Å²) < 4.78 is 5.24. The highest BCUT2D eigenvalue weighted by Gasteiger charge is 2.15. The minimum absolute atomic E-state index is 0.0455. The highest BCUT2D eigenvalue weighted by atomic mass is 16.5. The van der Waals surface area contributed by atoms with Crippen molar-refractivity contribution in [1.29, 1.82) is 0 Å². The Hall–Kier alpha value is -2.08. The van der Waals surface area contributed by atoms with Crippen molar-refractivity contribution in [3.8, 4) is 0 Å². The predicted molar refractivity (Wildman–Crippen MR) is 75.4 cm³/mol. The summed E-state index contributed by atoms with van der Waals surface area (Å²) in [5.41, 5.74) is 6.38. The van der Waals surface area contributed by atoms with Gasteiger partial charge in [0.15, 0.2) is 0 Å². The number of carbonyl (C=O) groups is 2. The van der Waals surface area contributed by atoms with Gasteiger partial charge in [-0.15, -0.1) is 0 Å². The lowest BCUT2D eigenvalue weighted by atomic mass is 10.1. The van der Waals surface area contributed by atoms with Gasteiger partial charge < -0.3 is 21.1 Å². The molecule has 0 atom stereocenters. The summed E-state index contributed by atoms with van der Waals surface area (Å²) in [4.78, 5) is 22.7. The first-order chi connectivity index (χ1) is 9.65. The summed E-state index contributed by atoms with van der Waals surface area (Å²) >= 11 is 0. The van der Waals surface area contributed by atoms with Crippen molar-refractivity contribution in [2.75, 3.05) is 25.1 Å². The number of amides is 2. The van der Waals surface area contributed by atoms with Gasteiger partial charge in [-0.05, 0) is 37.1 Å². The van der Waals surface area contributed by atoms with Crippen molar-refractivity contribution in [3.05, 3.63) is 29.8 Å². The quantitative estimate of drug-likeness (QED) is 0.730. The number of primary amides is 1. The first kappa shape index (κ1) is 14.3. The van der Waals surface area contributed by atoms with E-state index in [1.807, 2.05) is 0 Å². The van der Waals surface area contributed by atoms with Gasteiger partial charge in [-0.3, -0.25) is 9.59 Å². The molecule has 4 N–H and O–H groups in total. The number of hydrogen-bond donors (Lipinski definition) is 3. The van der Waals surface area contributed by atoms with Crippen LogP contribution in [0.2, 0.25) is 0 Å². The van der Waals surface area contributed by atoms with Gasteiger partial charge in [-0.25, -0.2) is 0 Å². The van der Waals surface area contributed by atoms with Gasteiger partial charge >= 0.3 is 0 Å². The topological polar surface area (TPSA) is 93.5 Å². The van der Waals surface area contributed by atoms with E-state index in [0.29, 0.717) is 18.8 Å². The van der Waals surface area contributed by atoms with E-state index in [0.717, 1.165) is 18.5 Å². The third-order valence-corrected chi connectivity index (χ3v) is 3.21. The molecule has 1 aromatic carbocycles. The molecule has 0 unspecified atom stereocenters. The third kappa shape index (κ3) is 4.24. The third-order valence-electron chi connectivity index (χ3n) is 3.21. The van der Waals surface area contributed by atoms with Crippen molar-refractivity contribution in [2.45, 2.75) is 18.9 Å². The molecule has 0 saturated carbocycles. The fourth-order valence-electron chi connectivity index (χ4n) is 2.06. The number of carbonyl (C=O) groups excluding carboxylic acids is 2. The molecule has 1 fully saturated rings. The summed E-state index contributed by atoms with van der Waals surface area (Å²) in [6.45, 7) is 1.60. The second-order valence-corrected chi connectivity index (χ2v) is 4.75. The molecule has 1 aliphatic heterocycles. The largest absolute Gasteiger partial charge is 0.381 e. The Balaban J connectivity index is 1.76. The second kappa shape index (κ2) is 6.91. The molecule has 0 aromatic heterocycles. The van der Waals surface area contributed by atoms with Crippen molar-refractivity contribution < 1.29 is 14.3 Å². The number of rotatable bonds is 5. The van der Waals surface area contributed by atoms with E-state index in [1.165, 1.54) is 0 Å². The van der Waals surface area contributed by atoms with E-state index in [-0.39, 0.29) is 18.5 Å². The fourth-order valence-corrected chi connectivity index (χ4v) is 2.06. The smallest absolute Gasteiger partial charge is 0.248 e. The molecule has 6 heteroatoms. The highest BCUT2D eigenvalue weighted by Crippen LogP contribution is 2.09. The summed E-state index contributed by atoms with van der Waals surface area (Å²) in [5, 5.41) is 5.97. The minimum Gasteiger partial charge on any atom is -0.381 e. The second-order valence-electron chi connectivity index (χ2n) is 4.75. The SMILES string of the molecule is NC(=O)c1ccc(NCC(=O)NC2CCOCC2)cc1. The molecule has 1 aromatic rings. The number of hydrogen-bond acceptors (Lipinski definition) is 4. The Labute approximate surface area is 117 Å². The van der Waals surface area contributed by atoms with E-state index < -0.39 is 5.91 Å². The molecule has 1 heterocycles. The zero-order valence-corrected chi connectivity index (χ0v) is 11.2. The first-order valence-corrected chi connectivity index (χ1v) is 6.66. The summed E-state index contributed by atoms with van der Waals surface area (Å²) in [5.74, 6) is -0.510. The zero-order chi connectivity index (χ0) is 14.4. The van der Waals surface area contributed by atoms with Crippen LogP contribution < -0.4 is 16.4 Å². The standard InChI is InChI=1S/C14H19N3O3/c15-14(19)10-1-3-11(4-2-10)16-9-13(18)17-12-5-7-20-8-6-12/h1-4,12,16H,5-9H2,(H2,15,19)(H,17,18). The molecule has 2 amide bonds. The highest BCUT2D eigenvalue weighted by molar-refractivity contribution is 5.93. The monoisotopic (exact) mass is 277 g/mol. The van der Waals surface area contributed by atoms with Crippen LogP contribution in [-0.2, 0) is 9.53 Å². The first-order valence-electron chi connectivity index (χ1n) is 6.66. The van der Waals surface area contributed by atoms with Gasteiger partial charge in [-0.1, -0.05) is 0 Å². The molecule has 1 aliphatic rings. The lowest BCUT2D eigenvalue weighted by molar-refractivity contribution is -0.120. The van der Waals surface area contributed by atoms with E-state index >= 15 is 0 Å². The van der Waals surface area contributed by atoms with Crippen LogP contribution in [0.25, 0.3) is 0 Å². The van der Waals surface area contributed by atoms with Crippen molar-refractivity contribution in [3.63, 3.8) is 0 Å². The summed E-state index contributed by atoms with van der Waals surface area (Å²) in [7, 11) is 0. The van der Waals surface area contributed by atoms with E-state index in [1.54, 1.807) is 24.3 Å². The van der Waals surface area contributed by atoms with Crippen molar-refractivity contribution in [1.82, 2.24) is 5.32 Å². The molecule has 2 rings (SSSR count). The van der Waals surface area contributed by atoms with Crippen LogP contribution >= 0.6 is 0 Å². The minimum atomic E-state index is -0.464. The van der Waals surface area contributed by atoms with E-state index in [9.17, 15) is 9.59 Å². The maximum absolute atomic E-state index is 11.8. The van der Waals surface area contributed by atoms with E-state index in [2.05, 4.69) is 10.6 Å². The Morgan fingerprint density at radius 2 is 1.85 bits per heavy atom. The van der Waals surface area contributed by atoms with Crippen molar-refractivity contribution >= 4 is 17.5 Å². The van der Waals surface area contributed by atoms with Crippen LogP contribution in [-0.4, -0.2) is 37.6 Å². The van der Waals surface area contributed by atoms with Gasteiger partial charge in [0, 0.05) is 30.5 Å². The average Bonchev–Trinajstić information content (AvgIpc) is 2.46. The molecule has 0 radical (unpaired) electrons. The Kier molecular flexibility index (Phi) is 4.95. The molecule has 0 aliphatic carbocycles. The molecule has 0 spiro atoms. The predicted octanol–water partition coefficient (Wildman–Crippen LogP) is 0.493. The van der Waals surface area contributed by atoms with Crippen LogP contribution in [0.3, 0.4) is 0 Å². The lowest BCUT2D eigenvalue weighted by Crippen LogP contribution is -2.41. The fraction of sp³-hybridized carbons (Fsp3) is 0.429. The van der Waals surface area contributed by atoms with Gasteiger partial charge in [0.1, 0.15) is 0 Å². The molecule has 108 valence electrons. The number of anilines is 1. The molecule has 6 nitrogen and oxygen atoms in total. The number of ether oxygens (including phenoxy) is 1. The molecular weight excluding hydrogens is 258 g/mol. The Morgan fingerprint density at radius 3 is 2.45 bits per heavy atom. The maximum Gasteiger partial charge on any atom is 0.248 e. The molecule has 0 bridgehead atoms. The van der Waals surface area contributed by atoms with Crippen molar-refractivity contribution in [2.24, 2.45) is 5.73 Å². The number of nitrogens with two attached hydrogens (primary N) is 1.